The fourth-order valence-electron chi connectivity index (χ4n) is 3.77. The van der Waals surface area contributed by atoms with Crippen LogP contribution in [0.15, 0.2) is 12.1 Å². The number of rotatable bonds is 5. The SMILES string of the molecule is COc1cc(OC)c(C(=O)N2CCCC(N3CCNCC3=O)C2)cc1OC. The van der Waals surface area contributed by atoms with Crippen LogP contribution in [0.3, 0.4) is 0 Å². The first kappa shape index (κ1) is 19.3. The number of piperazine rings is 1. The number of carbonyl (C=O) groups excluding carboxylic acids is 2. The summed E-state index contributed by atoms with van der Waals surface area (Å²) < 4.78 is 16.0. The number of likely N-dealkylation sites (tertiary alicyclic amines) is 1. The molecule has 0 aromatic heterocycles. The van der Waals surface area contributed by atoms with Crippen molar-refractivity contribution in [3.05, 3.63) is 17.7 Å². The minimum atomic E-state index is -0.125. The molecule has 2 aliphatic rings. The molecule has 2 saturated heterocycles. The van der Waals surface area contributed by atoms with E-state index in [2.05, 4.69) is 5.32 Å². The third-order valence-corrected chi connectivity index (χ3v) is 5.19. The molecular weight excluding hydrogens is 350 g/mol. The third kappa shape index (κ3) is 3.95. The highest BCUT2D eigenvalue weighted by Gasteiger charge is 2.33. The number of hydrogen-bond donors (Lipinski definition) is 1. The first-order chi connectivity index (χ1) is 13.1. The highest BCUT2D eigenvalue weighted by molar-refractivity contribution is 5.98. The second-order valence-electron chi connectivity index (χ2n) is 6.72. The predicted octanol–water partition coefficient (Wildman–Crippen LogP) is 0.749. The Balaban J connectivity index is 1.81. The molecule has 2 amide bonds. The van der Waals surface area contributed by atoms with Crippen molar-refractivity contribution in [2.45, 2.75) is 18.9 Å². The minimum absolute atomic E-state index is 0.0587. The molecule has 27 heavy (non-hydrogen) atoms. The van der Waals surface area contributed by atoms with Crippen LogP contribution < -0.4 is 19.5 Å². The maximum Gasteiger partial charge on any atom is 0.257 e. The molecule has 3 rings (SSSR count). The van der Waals surface area contributed by atoms with Crippen LogP contribution in [0.1, 0.15) is 23.2 Å². The summed E-state index contributed by atoms with van der Waals surface area (Å²) in [7, 11) is 4.60. The first-order valence-electron chi connectivity index (χ1n) is 9.18. The number of piperidine rings is 1. The number of nitrogens with one attached hydrogen (secondary N) is 1. The molecule has 8 heteroatoms. The van der Waals surface area contributed by atoms with E-state index in [1.807, 2.05) is 4.90 Å². The van der Waals surface area contributed by atoms with E-state index in [4.69, 9.17) is 14.2 Å². The summed E-state index contributed by atoms with van der Waals surface area (Å²) in [5.41, 5.74) is 0.433. The zero-order valence-electron chi connectivity index (χ0n) is 16.1. The van der Waals surface area contributed by atoms with Gasteiger partial charge in [0.2, 0.25) is 5.91 Å². The van der Waals surface area contributed by atoms with Gasteiger partial charge < -0.3 is 29.3 Å². The molecule has 2 fully saturated rings. The molecule has 0 radical (unpaired) electrons. The van der Waals surface area contributed by atoms with Crippen molar-refractivity contribution in [3.8, 4) is 17.2 Å². The largest absolute Gasteiger partial charge is 0.496 e. The van der Waals surface area contributed by atoms with E-state index in [0.29, 0.717) is 49.0 Å². The molecule has 0 spiro atoms. The van der Waals surface area contributed by atoms with Crippen LogP contribution >= 0.6 is 0 Å². The molecule has 1 atom stereocenters. The Labute approximate surface area is 159 Å². The quantitative estimate of drug-likeness (QED) is 0.816. The number of carbonyl (C=O) groups is 2. The first-order valence-corrected chi connectivity index (χ1v) is 9.18. The van der Waals surface area contributed by atoms with Gasteiger partial charge in [0.05, 0.1) is 33.4 Å². The molecular formula is C19H27N3O5. The topological polar surface area (TPSA) is 80.3 Å². The average molecular weight is 377 g/mol. The van der Waals surface area contributed by atoms with Crippen molar-refractivity contribution in [2.24, 2.45) is 0 Å². The smallest absolute Gasteiger partial charge is 0.257 e. The van der Waals surface area contributed by atoms with E-state index in [1.54, 1.807) is 24.1 Å². The summed E-state index contributed by atoms with van der Waals surface area (Å²) in [6.45, 7) is 3.04. The van der Waals surface area contributed by atoms with Gasteiger partial charge in [-0.15, -0.1) is 0 Å². The van der Waals surface area contributed by atoms with E-state index in [-0.39, 0.29) is 17.9 Å². The number of methoxy groups -OCH3 is 3. The molecule has 0 bridgehead atoms. The lowest BCUT2D eigenvalue weighted by Crippen LogP contribution is -2.57. The van der Waals surface area contributed by atoms with Gasteiger partial charge in [-0.05, 0) is 12.8 Å². The van der Waals surface area contributed by atoms with Crippen molar-refractivity contribution in [1.29, 1.82) is 0 Å². The van der Waals surface area contributed by atoms with Crippen molar-refractivity contribution in [2.75, 3.05) is 54.1 Å². The predicted molar refractivity (Wildman–Crippen MR) is 99.6 cm³/mol. The second kappa shape index (κ2) is 8.47. The summed E-state index contributed by atoms with van der Waals surface area (Å²) in [4.78, 5) is 29.1. The summed E-state index contributed by atoms with van der Waals surface area (Å²) >= 11 is 0. The number of benzene rings is 1. The average Bonchev–Trinajstić information content (AvgIpc) is 2.72. The Morgan fingerprint density at radius 2 is 1.78 bits per heavy atom. The van der Waals surface area contributed by atoms with Gasteiger partial charge in [0.25, 0.3) is 5.91 Å². The summed E-state index contributed by atoms with van der Waals surface area (Å²) in [6, 6.07) is 3.37. The molecule has 1 aromatic carbocycles. The lowest BCUT2D eigenvalue weighted by atomic mass is 10.0. The van der Waals surface area contributed by atoms with E-state index in [1.165, 1.54) is 14.2 Å². The van der Waals surface area contributed by atoms with Gasteiger partial charge in [-0.25, -0.2) is 0 Å². The van der Waals surface area contributed by atoms with Crippen molar-refractivity contribution in [1.82, 2.24) is 15.1 Å². The number of amides is 2. The van der Waals surface area contributed by atoms with Gasteiger partial charge in [-0.1, -0.05) is 0 Å². The maximum absolute atomic E-state index is 13.2. The highest BCUT2D eigenvalue weighted by atomic mass is 16.5. The van der Waals surface area contributed by atoms with Gasteiger partial charge in [-0.2, -0.15) is 0 Å². The van der Waals surface area contributed by atoms with E-state index in [9.17, 15) is 9.59 Å². The summed E-state index contributed by atoms with van der Waals surface area (Å²) in [6.07, 6.45) is 1.78. The lowest BCUT2D eigenvalue weighted by Gasteiger charge is -2.41. The van der Waals surface area contributed by atoms with Gasteiger partial charge in [0, 0.05) is 44.4 Å². The van der Waals surface area contributed by atoms with E-state index < -0.39 is 0 Å². The summed E-state index contributed by atoms with van der Waals surface area (Å²) in [5, 5.41) is 3.09. The minimum Gasteiger partial charge on any atom is -0.496 e. The number of nitrogens with zero attached hydrogens (tertiary/aromatic N) is 2. The van der Waals surface area contributed by atoms with Crippen LogP contribution in [-0.2, 0) is 4.79 Å². The Kier molecular flexibility index (Phi) is 6.05. The molecule has 1 aromatic rings. The fourth-order valence-corrected chi connectivity index (χ4v) is 3.77. The Morgan fingerprint density at radius 1 is 1.07 bits per heavy atom. The van der Waals surface area contributed by atoms with Crippen LogP contribution in [0.2, 0.25) is 0 Å². The van der Waals surface area contributed by atoms with Crippen LogP contribution in [0, 0.1) is 0 Å². The van der Waals surface area contributed by atoms with Gasteiger partial charge >= 0.3 is 0 Å². The standard InChI is InChI=1S/C19H27N3O5/c1-25-15-10-17(27-3)16(26-2)9-14(15)19(24)21-7-4-5-13(12-21)22-8-6-20-11-18(22)23/h9-10,13,20H,4-8,11-12H2,1-3H3. The number of ether oxygens (including phenoxy) is 3. The van der Waals surface area contributed by atoms with Crippen LogP contribution in [0.5, 0.6) is 17.2 Å². The second-order valence-corrected chi connectivity index (χ2v) is 6.72. The van der Waals surface area contributed by atoms with Crippen molar-refractivity contribution < 1.29 is 23.8 Å². The molecule has 2 heterocycles. The zero-order chi connectivity index (χ0) is 19.4. The third-order valence-electron chi connectivity index (χ3n) is 5.19. The molecule has 1 unspecified atom stereocenters. The van der Waals surface area contributed by atoms with Gasteiger partial charge in [0.1, 0.15) is 5.75 Å². The molecule has 1 N–H and O–H groups in total. The Morgan fingerprint density at radius 3 is 2.44 bits per heavy atom. The molecule has 2 aliphatic heterocycles. The normalized spacial score (nSPS) is 20.4. The molecule has 0 aliphatic carbocycles. The monoisotopic (exact) mass is 377 g/mol. The number of hydrogen-bond acceptors (Lipinski definition) is 6. The molecule has 148 valence electrons. The van der Waals surface area contributed by atoms with Gasteiger partial charge in [-0.3, -0.25) is 9.59 Å². The van der Waals surface area contributed by atoms with Gasteiger partial charge in [0.15, 0.2) is 11.5 Å². The lowest BCUT2D eigenvalue weighted by molar-refractivity contribution is -0.135. The van der Waals surface area contributed by atoms with Crippen LogP contribution in [0.25, 0.3) is 0 Å². The van der Waals surface area contributed by atoms with E-state index in [0.717, 1.165) is 19.4 Å². The molecule has 0 saturated carbocycles. The zero-order valence-corrected chi connectivity index (χ0v) is 16.1. The van der Waals surface area contributed by atoms with Crippen LogP contribution in [0.4, 0.5) is 0 Å². The van der Waals surface area contributed by atoms with Crippen molar-refractivity contribution >= 4 is 11.8 Å². The van der Waals surface area contributed by atoms with Crippen molar-refractivity contribution in [3.63, 3.8) is 0 Å². The summed E-state index contributed by atoms with van der Waals surface area (Å²) in [5.74, 6) is 1.41. The maximum atomic E-state index is 13.2. The van der Waals surface area contributed by atoms with E-state index >= 15 is 0 Å². The van der Waals surface area contributed by atoms with Crippen LogP contribution in [-0.4, -0.2) is 81.7 Å². The molecule has 8 nitrogen and oxygen atoms in total. The Bertz CT molecular complexity index is 709. The highest BCUT2D eigenvalue weighted by Crippen LogP contribution is 2.35. The fraction of sp³-hybridized carbons (Fsp3) is 0.579. The Hall–Kier alpha value is -2.48.